The van der Waals surface area contributed by atoms with E-state index in [0.29, 0.717) is 0 Å². The van der Waals surface area contributed by atoms with Gasteiger partial charge in [0.05, 0.1) is 6.04 Å². The van der Waals surface area contributed by atoms with Crippen molar-refractivity contribution >= 4 is 11.6 Å². The summed E-state index contributed by atoms with van der Waals surface area (Å²) in [5.74, 6) is -7.33. The Kier molecular flexibility index (Phi) is 4.88. The Morgan fingerprint density at radius 3 is 2.11 bits per heavy atom. The molecule has 0 aromatic heterocycles. The summed E-state index contributed by atoms with van der Waals surface area (Å²) < 4.78 is 52.4. The Labute approximate surface area is 107 Å². The minimum Gasteiger partial charge on any atom is -0.320 e. The van der Waals surface area contributed by atoms with Gasteiger partial charge in [0, 0.05) is 6.07 Å². The van der Waals surface area contributed by atoms with Crippen molar-refractivity contribution in [2.24, 2.45) is 11.7 Å². The molecule has 1 aromatic rings. The fourth-order valence-electron chi connectivity index (χ4n) is 1.51. The third-order valence-corrected chi connectivity index (χ3v) is 2.42. The van der Waals surface area contributed by atoms with Gasteiger partial charge in [-0.2, -0.15) is 0 Å². The molecule has 7 heteroatoms. The second-order valence-corrected chi connectivity index (χ2v) is 4.57. The van der Waals surface area contributed by atoms with E-state index in [1.54, 1.807) is 19.2 Å². The molecule has 0 bridgehead atoms. The highest BCUT2D eigenvalue weighted by atomic mass is 19.2. The van der Waals surface area contributed by atoms with Crippen molar-refractivity contribution < 1.29 is 22.4 Å². The minimum atomic E-state index is -1.66. The molecule has 0 fully saturated rings. The molecule has 1 aromatic carbocycles. The lowest BCUT2D eigenvalue weighted by Gasteiger charge is -2.15. The third kappa shape index (κ3) is 3.66. The standard InChI is InChI=1S/C12H14F4N2O/c1-5(2)3-8(17)12(19)18-11-9(15)6(13)4-7(14)10(11)16/h4-5,8H,3,17H2,1-2H3,(H,18,19)/t8-/m1/s1. The number of amides is 1. The number of carbonyl (C=O) groups excluding carboxylic acids is 1. The predicted octanol–water partition coefficient (Wildman–Crippen LogP) is 2.55. The first-order valence-electron chi connectivity index (χ1n) is 5.63. The summed E-state index contributed by atoms with van der Waals surface area (Å²) in [7, 11) is 0. The summed E-state index contributed by atoms with van der Waals surface area (Å²) in [5, 5.41) is 1.77. The molecule has 0 aliphatic rings. The zero-order chi connectivity index (χ0) is 14.7. The van der Waals surface area contributed by atoms with E-state index in [1.165, 1.54) is 0 Å². The molecule has 1 atom stereocenters. The quantitative estimate of drug-likeness (QED) is 0.657. The predicted molar refractivity (Wildman–Crippen MR) is 62.3 cm³/mol. The van der Waals surface area contributed by atoms with Crippen LogP contribution in [0.3, 0.4) is 0 Å². The van der Waals surface area contributed by atoms with E-state index in [-0.39, 0.29) is 18.4 Å². The van der Waals surface area contributed by atoms with Crippen molar-refractivity contribution in [3.63, 3.8) is 0 Å². The molecule has 0 saturated heterocycles. The van der Waals surface area contributed by atoms with Gasteiger partial charge in [0.15, 0.2) is 23.3 Å². The van der Waals surface area contributed by atoms with Gasteiger partial charge in [0.1, 0.15) is 5.69 Å². The van der Waals surface area contributed by atoms with Gasteiger partial charge in [-0.05, 0) is 12.3 Å². The van der Waals surface area contributed by atoms with Crippen LogP contribution in [0, 0.1) is 29.2 Å². The normalized spacial score (nSPS) is 12.6. The summed E-state index contributed by atoms with van der Waals surface area (Å²) >= 11 is 0. The molecule has 3 nitrogen and oxygen atoms in total. The van der Waals surface area contributed by atoms with Crippen molar-refractivity contribution in [2.45, 2.75) is 26.3 Å². The second-order valence-electron chi connectivity index (χ2n) is 4.57. The van der Waals surface area contributed by atoms with Crippen LogP contribution in [0.2, 0.25) is 0 Å². The van der Waals surface area contributed by atoms with Crippen LogP contribution in [0.4, 0.5) is 23.2 Å². The van der Waals surface area contributed by atoms with Crippen LogP contribution in [0.25, 0.3) is 0 Å². The van der Waals surface area contributed by atoms with Gasteiger partial charge in [0.25, 0.3) is 0 Å². The van der Waals surface area contributed by atoms with Gasteiger partial charge in [-0.3, -0.25) is 4.79 Å². The molecule has 0 saturated carbocycles. The van der Waals surface area contributed by atoms with Crippen LogP contribution in [-0.4, -0.2) is 11.9 Å². The molecule has 19 heavy (non-hydrogen) atoms. The van der Waals surface area contributed by atoms with Crippen molar-refractivity contribution in [3.05, 3.63) is 29.3 Å². The lowest BCUT2D eigenvalue weighted by Crippen LogP contribution is -2.37. The van der Waals surface area contributed by atoms with Gasteiger partial charge in [-0.15, -0.1) is 0 Å². The average Bonchev–Trinajstić information content (AvgIpc) is 2.31. The van der Waals surface area contributed by atoms with Crippen molar-refractivity contribution in [2.75, 3.05) is 5.32 Å². The molecule has 0 aliphatic heterocycles. The van der Waals surface area contributed by atoms with Crippen molar-refractivity contribution in [1.82, 2.24) is 0 Å². The average molecular weight is 278 g/mol. The number of rotatable bonds is 4. The van der Waals surface area contributed by atoms with Gasteiger partial charge in [-0.25, -0.2) is 17.6 Å². The molecule has 3 N–H and O–H groups in total. The highest BCUT2D eigenvalue weighted by Gasteiger charge is 2.23. The maximum Gasteiger partial charge on any atom is 0.241 e. The van der Waals surface area contributed by atoms with E-state index >= 15 is 0 Å². The van der Waals surface area contributed by atoms with Crippen LogP contribution in [0.15, 0.2) is 6.07 Å². The van der Waals surface area contributed by atoms with E-state index in [0.717, 1.165) is 0 Å². The Morgan fingerprint density at radius 1 is 1.21 bits per heavy atom. The van der Waals surface area contributed by atoms with E-state index in [1.807, 2.05) is 0 Å². The first kappa shape index (κ1) is 15.4. The monoisotopic (exact) mass is 278 g/mol. The van der Waals surface area contributed by atoms with Crippen LogP contribution >= 0.6 is 0 Å². The molecule has 1 amide bonds. The van der Waals surface area contributed by atoms with Crippen molar-refractivity contribution in [1.29, 1.82) is 0 Å². The Hall–Kier alpha value is -1.63. The first-order valence-corrected chi connectivity index (χ1v) is 5.63. The van der Waals surface area contributed by atoms with Crippen LogP contribution < -0.4 is 11.1 Å². The topological polar surface area (TPSA) is 55.1 Å². The second kappa shape index (κ2) is 6.01. The molecule has 0 spiro atoms. The maximum absolute atomic E-state index is 13.3. The summed E-state index contributed by atoms with van der Waals surface area (Å²) in [5.41, 5.74) is 4.33. The maximum atomic E-state index is 13.3. The van der Waals surface area contributed by atoms with E-state index in [2.05, 4.69) is 0 Å². The fourth-order valence-corrected chi connectivity index (χ4v) is 1.51. The molecule has 0 radical (unpaired) electrons. The highest BCUT2D eigenvalue weighted by molar-refractivity contribution is 5.94. The lowest BCUT2D eigenvalue weighted by molar-refractivity contribution is -0.117. The summed E-state index contributed by atoms with van der Waals surface area (Å²) in [6.45, 7) is 3.60. The summed E-state index contributed by atoms with van der Waals surface area (Å²) in [6.07, 6.45) is 0.271. The minimum absolute atomic E-state index is 0.0639. The SMILES string of the molecule is CC(C)C[C@@H](N)C(=O)Nc1c(F)c(F)cc(F)c1F. The van der Waals surface area contributed by atoms with Crippen LogP contribution in [-0.2, 0) is 4.79 Å². The number of hydrogen-bond donors (Lipinski definition) is 2. The van der Waals surface area contributed by atoms with Crippen molar-refractivity contribution in [3.8, 4) is 0 Å². The molecular formula is C12H14F4N2O. The Morgan fingerprint density at radius 2 is 1.68 bits per heavy atom. The first-order chi connectivity index (χ1) is 8.73. The Balaban J connectivity index is 2.97. The van der Waals surface area contributed by atoms with E-state index in [9.17, 15) is 22.4 Å². The van der Waals surface area contributed by atoms with Gasteiger partial charge < -0.3 is 11.1 Å². The zero-order valence-corrected chi connectivity index (χ0v) is 10.4. The number of benzene rings is 1. The molecule has 0 unspecified atom stereocenters. The highest BCUT2D eigenvalue weighted by Crippen LogP contribution is 2.24. The van der Waals surface area contributed by atoms with E-state index < -0.39 is 40.9 Å². The molecule has 106 valence electrons. The van der Waals surface area contributed by atoms with Gasteiger partial charge in [0.2, 0.25) is 5.91 Å². The number of halogens is 4. The van der Waals surface area contributed by atoms with Crippen LogP contribution in [0.1, 0.15) is 20.3 Å². The number of anilines is 1. The van der Waals surface area contributed by atoms with Gasteiger partial charge in [-0.1, -0.05) is 13.8 Å². The number of carbonyl (C=O) groups is 1. The molecule has 1 rings (SSSR count). The summed E-state index contributed by atoms with van der Waals surface area (Å²) in [6, 6.07) is -0.959. The van der Waals surface area contributed by atoms with Crippen LogP contribution in [0.5, 0.6) is 0 Å². The fraction of sp³-hybridized carbons (Fsp3) is 0.417. The molecular weight excluding hydrogens is 264 g/mol. The van der Waals surface area contributed by atoms with E-state index in [4.69, 9.17) is 5.73 Å². The zero-order valence-electron chi connectivity index (χ0n) is 10.4. The largest absolute Gasteiger partial charge is 0.320 e. The molecule has 0 heterocycles. The number of nitrogens with one attached hydrogen (secondary N) is 1. The smallest absolute Gasteiger partial charge is 0.241 e. The Bertz CT molecular complexity index is 465. The van der Waals surface area contributed by atoms with Gasteiger partial charge >= 0.3 is 0 Å². The summed E-state index contributed by atoms with van der Waals surface area (Å²) in [4.78, 5) is 11.6. The lowest BCUT2D eigenvalue weighted by atomic mass is 10.0. The third-order valence-electron chi connectivity index (χ3n) is 2.42. The number of hydrogen-bond acceptors (Lipinski definition) is 2. The number of nitrogens with two attached hydrogens (primary N) is 1. The molecule has 0 aliphatic carbocycles.